The van der Waals surface area contributed by atoms with Crippen LogP contribution in [0.5, 0.6) is 0 Å². The summed E-state index contributed by atoms with van der Waals surface area (Å²) in [6, 6.07) is 0. The van der Waals surface area contributed by atoms with Crippen LogP contribution in [0.25, 0.3) is 0 Å². The van der Waals surface area contributed by atoms with Gasteiger partial charge in [0.15, 0.2) is 0 Å². The van der Waals surface area contributed by atoms with E-state index in [4.69, 9.17) is 9.47 Å². The van der Waals surface area contributed by atoms with Gasteiger partial charge in [0.25, 0.3) is 0 Å². The molecule has 1 rings (SSSR count). The van der Waals surface area contributed by atoms with Crippen molar-refractivity contribution in [1.29, 1.82) is 0 Å². The summed E-state index contributed by atoms with van der Waals surface area (Å²) < 4.78 is 11.6. The average Bonchev–Trinajstić information content (AvgIpc) is 2.15. The second-order valence-electron chi connectivity index (χ2n) is 5.81. The van der Waals surface area contributed by atoms with Crippen LogP contribution < -0.4 is 0 Å². The number of rotatable bonds is 6. The van der Waals surface area contributed by atoms with Crippen LogP contribution in [0.2, 0.25) is 0 Å². The molecule has 0 aromatic rings. The lowest BCUT2D eigenvalue weighted by Gasteiger charge is -2.41. The molecule has 16 heavy (non-hydrogen) atoms. The van der Waals surface area contributed by atoms with Gasteiger partial charge >= 0.3 is 0 Å². The predicted octanol–water partition coefficient (Wildman–Crippen LogP) is 3.77. The molecule has 3 atom stereocenters. The Morgan fingerprint density at radius 2 is 1.88 bits per heavy atom. The molecule has 0 bridgehead atoms. The molecule has 0 saturated heterocycles. The van der Waals surface area contributed by atoms with Crippen molar-refractivity contribution in [1.82, 2.24) is 0 Å². The first-order valence-corrected chi connectivity index (χ1v) is 7.23. The fourth-order valence-electron chi connectivity index (χ4n) is 1.67. The van der Waals surface area contributed by atoms with Gasteiger partial charge in [-0.15, -0.1) is 0 Å². The highest BCUT2D eigenvalue weighted by Gasteiger charge is 2.41. The lowest BCUT2D eigenvalue weighted by Crippen LogP contribution is -2.51. The maximum absolute atomic E-state index is 5.88. The Kier molecular flexibility index (Phi) is 5.75. The standard InChI is InChI=1S/C13H25BrO2/c1-5-7-16-12-10(14)9-11(12)15-8-6-13(2,3)4/h10-12H,5-9H2,1-4H3. The lowest BCUT2D eigenvalue weighted by atomic mass is 9.90. The summed E-state index contributed by atoms with van der Waals surface area (Å²) in [7, 11) is 0. The van der Waals surface area contributed by atoms with E-state index in [-0.39, 0.29) is 6.10 Å². The fraction of sp³-hybridized carbons (Fsp3) is 1.00. The van der Waals surface area contributed by atoms with Crippen LogP contribution in [0.1, 0.15) is 47.0 Å². The number of alkyl halides is 1. The Morgan fingerprint density at radius 3 is 2.38 bits per heavy atom. The van der Waals surface area contributed by atoms with E-state index in [0.29, 0.717) is 16.3 Å². The van der Waals surface area contributed by atoms with Crippen LogP contribution >= 0.6 is 15.9 Å². The summed E-state index contributed by atoms with van der Waals surface area (Å²) in [4.78, 5) is 0.485. The molecule has 0 aromatic carbocycles. The predicted molar refractivity (Wildman–Crippen MR) is 71.2 cm³/mol. The van der Waals surface area contributed by atoms with Crippen molar-refractivity contribution in [3.8, 4) is 0 Å². The molecule has 3 unspecified atom stereocenters. The Balaban J connectivity index is 2.17. The first-order valence-electron chi connectivity index (χ1n) is 6.31. The maximum atomic E-state index is 5.88. The Labute approximate surface area is 108 Å². The topological polar surface area (TPSA) is 18.5 Å². The van der Waals surface area contributed by atoms with Crippen molar-refractivity contribution in [3.05, 3.63) is 0 Å². The number of ether oxygens (including phenoxy) is 2. The molecule has 1 fully saturated rings. The van der Waals surface area contributed by atoms with Crippen molar-refractivity contribution in [3.63, 3.8) is 0 Å². The molecule has 0 aliphatic heterocycles. The Bertz CT molecular complexity index is 201. The Hall–Kier alpha value is 0.400. The average molecular weight is 293 g/mol. The van der Waals surface area contributed by atoms with E-state index in [9.17, 15) is 0 Å². The van der Waals surface area contributed by atoms with Gasteiger partial charge in [0.1, 0.15) is 0 Å². The largest absolute Gasteiger partial charge is 0.375 e. The number of hydrogen-bond donors (Lipinski definition) is 0. The highest BCUT2D eigenvalue weighted by Crippen LogP contribution is 2.34. The van der Waals surface area contributed by atoms with Crippen LogP contribution in [0.15, 0.2) is 0 Å². The van der Waals surface area contributed by atoms with E-state index in [1.165, 1.54) is 0 Å². The molecule has 1 aliphatic rings. The van der Waals surface area contributed by atoms with Gasteiger partial charge in [-0.1, -0.05) is 43.6 Å². The van der Waals surface area contributed by atoms with Crippen LogP contribution in [0.4, 0.5) is 0 Å². The minimum Gasteiger partial charge on any atom is -0.375 e. The quantitative estimate of drug-likeness (QED) is 0.694. The van der Waals surface area contributed by atoms with Crippen LogP contribution in [0.3, 0.4) is 0 Å². The number of halogens is 1. The summed E-state index contributed by atoms with van der Waals surface area (Å²) in [6.45, 7) is 10.6. The van der Waals surface area contributed by atoms with Crippen molar-refractivity contribution >= 4 is 15.9 Å². The SMILES string of the molecule is CCCOC1C(Br)CC1OCCC(C)(C)C. The van der Waals surface area contributed by atoms with E-state index < -0.39 is 0 Å². The van der Waals surface area contributed by atoms with Gasteiger partial charge in [-0.05, 0) is 24.7 Å². The van der Waals surface area contributed by atoms with Gasteiger partial charge in [-0.2, -0.15) is 0 Å². The van der Waals surface area contributed by atoms with Crippen molar-refractivity contribution in [2.75, 3.05) is 13.2 Å². The highest BCUT2D eigenvalue weighted by atomic mass is 79.9. The molecule has 96 valence electrons. The summed E-state index contributed by atoms with van der Waals surface area (Å²) >= 11 is 3.62. The smallest absolute Gasteiger partial charge is 0.0962 e. The van der Waals surface area contributed by atoms with Gasteiger partial charge < -0.3 is 9.47 Å². The van der Waals surface area contributed by atoms with E-state index in [2.05, 4.69) is 43.6 Å². The molecule has 3 heteroatoms. The zero-order chi connectivity index (χ0) is 12.2. The summed E-state index contributed by atoms with van der Waals surface area (Å²) in [6.07, 6.45) is 3.83. The zero-order valence-electron chi connectivity index (χ0n) is 11.0. The van der Waals surface area contributed by atoms with E-state index in [1.807, 2.05) is 0 Å². The fourth-order valence-corrected chi connectivity index (χ4v) is 2.53. The van der Waals surface area contributed by atoms with E-state index in [0.717, 1.165) is 32.5 Å². The first-order chi connectivity index (χ1) is 7.44. The molecule has 0 N–H and O–H groups in total. The zero-order valence-corrected chi connectivity index (χ0v) is 12.5. The Morgan fingerprint density at radius 1 is 1.19 bits per heavy atom. The molecular weight excluding hydrogens is 268 g/mol. The minimum atomic E-state index is 0.264. The van der Waals surface area contributed by atoms with Crippen molar-refractivity contribution in [2.24, 2.45) is 5.41 Å². The summed E-state index contributed by atoms with van der Waals surface area (Å²) in [5, 5.41) is 0. The molecule has 0 spiro atoms. The molecule has 0 amide bonds. The lowest BCUT2D eigenvalue weighted by molar-refractivity contribution is -0.124. The summed E-state index contributed by atoms with van der Waals surface area (Å²) in [5.41, 5.74) is 0.358. The third kappa shape index (κ3) is 4.72. The van der Waals surface area contributed by atoms with Gasteiger partial charge in [0.05, 0.1) is 12.2 Å². The van der Waals surface area contributed by atoms with Crippen LogP contribution in [-0.2, 0) is 9.47 Å². The van der Waals surface area contributed by atoms with Gasteiger partial charge in [-0.25, -0.2) is 0 Å². The molecule has 1 aliphatic carbocycles. The second kappa shape index (κ2) is 6.36. The third-order valence-electron chi connectivity index (χ3n) is 2.88. The van der Waals surface area contributed by atoms with Crippen molar-refractivity contribution < 1.29 is 9.47 Å². The monoisotopic (exact) mass is 292 g/mol. The molecule has 0 aromatic heterocycles. The molecule has 0 radical (unpaired) electrons. The van der Waals surface area contributed by atoms with E-state index in [1.54, 1.807) is 0 Å². The normalized spacial score (nSPS) is 30.2. The van der Waals surface area contributed by atoms with Gasteiger partial charge in [0, 0.05) is 18.0 Å². The van der Waals surface area contributed by atoms with Crippen molar-refractivity contribution in [2.45, 2.75) is 64.0 Å². The van der Waals surface area contributed by atoms with Gasteiger partial charge in [-0.3, -0.25) is 0 Å². The second-order valence-corrected chi connectivity index (χ2v) is 6.98. The first kappa shape index (κ1) is 14.5. The maximum Gasteiger partial charge on any atom is 0.0962 e. The van der Waals surface area contributed by atoms with E-state index >= 15 is 0 Å². The van der Waals surface area contributed by atoms with Crippen LogP contribution in [0, 0.1) is 5.41 Å². The molecule has 1 saturated carbocycles. The molecule has 2 nitrogen and oxygen atoms in total. The third-order valence-corrected chi connectivity index (χ3v) is 3.77. The molecule has 0 heterocycles. The summed E-state index contributed by atoms with van der Waals surface area (Å²) in [5.74, 6) is 0. The minimum absolute atomic E-state index is 0.264. The van der Waals surface area contributed by atoms with Crippen LogP contribution in [-0.4, -0.2) is 30.2 Å². The van der Waals surface area contributed by atoms with Gasteiger partial charge in [0.2, 0.25) is 0 Å². The number of hydrogen-bond acceptors (Lipinski definition) is 2. The molecular formula is C13H25BrO2. The highest BCUT2D eigenvalue weighted by molar-refractivity contribution is 9.09.